The summed E-state index contributed by atoms with van der Waals surface area (Å²) in [5.41, 5.74) is 5.77. The minimum absolute atomic E-state index is 0.314. The predicted octanol–water partition coefficient (Wildman–Crippen LogP) is 5.78. The van der Waals surface area contributed by atoms with Gasteiger partial charge in [-0.25, -0.2) is 4.79 Å². The fraction of sp³-hybridized carbons (Fsp3) is 0.182. The van der Waals surface area contributed by atoms with E-state index in [1.54, 1.807) is 19.1 Å². The van der Waals surface area contributed by atoms with Crippen LogP contribution in [0.4, 0.5) is 5.69 Å². The Hall–Kier alpha value is -2.66. The monoisotopic (exact) mass is 424 g/mol. The molecule has 0 aliphatic carbocycles. The van der Waals surface area contributed by atoms with E-state index in [0.717, 1.165) is 32.8 Å². The Morgan fingerprint density at radius 1 is 1.11 bits per heavy atom. The molecule has 3 aromatic rings. The van der Waals surface area contributed by atoms with Gasteiger partial charge in [-0.3, -0.25) is 4.99 Å². The number of ether oxygens (including phenoxy) is 1. The first-order valence-electron chi connectivity index (χ1n) is 8.75. The SMILES string of the molecule is CCOC(=O)c1ccc(N=Cc2cc(C)n(-c3ccc(Br)cc3)c2C)cc1. The smallest absolute Gasteiger partial charge is 0.338 e. The van der Waals surface area contributed by atoms with E-state index >= 15 is 0 Å². The van der Waals surface area contributed by atoms with Crippen molar-refractivity contribution in [1.82, 2.24) is 4.57 Å². The number of hydrogen-bond donors (Lipinski definition) is 0. The molecule has 3 rings (SSSR count). The van der Waals surface area contributed by atoms with E-state index in [9.17, 15) is 4.79 Å². The Balaban J connectivity index is 1.83. The molecule has 5 heteroatoms. The zero-order valence-electron chi connectivity index (χ0n) is 15.6. The predicted molar refractivity (Wildman–Crippen MR) is 113 cm³/mol. The number of aryl methyl sites for hydroxylation is 1. The molecule has 4 nitrogen and oxygen atoms in total. The second-order valence-electron chi connectivity index (χ2n) is 6.16. The Kier molecular flexibility index (Phi) is 5.91. The fourth-order valence-corrected chi connectivity index (χ4v) is 3.21. The van der Waals surface area contributed by atoms with Gasteiger partial charge in [-0.15, -0.1) is 0 Å². The van der Waals surface area contributed by atoms with Crippen molar-refractivity contribution in [3.8, 4) is 5.69 Å². The third kappa shape index (κ3) is 4.37. The molecule has 0 unspecified atom stereocenters. The average molecular weight is 425 g/mol. The first-order valence-corrected chi connectivity index (χ1v) is 9.55. The highest BCUT2D eigenvalue weighted by atomic mass is 79.9. The van der Waals surface area contributed by atoms with E-state index in [1.807, 2.05) is 30.5 Å². The van der Waals surface area contributed by atoms with Crippen LogP contribution in [0.15, 0.2) is 64.1 Å². The van der Waals surface area contributed by atoms with Crippen LogP contribution in [0.5, 0.6) is 0 Å². The second-order valence-corrected chi connectivity index (χ2v) is 7.08. The number of halogens is 1. The molecule has 0 radical (unpaired) electrons. The number of aromatic nitrogens is 1. The maximum Gasteiger partial charge on any atom is 0.338 e. The molecule has 1 heterocycles. The summed E-state index contributed by atoms with van der Waals surface area (Å²) in [4.78, 5) is 16.3. The van der Waals surface area contributed by atoms with Crippen molar-refractivity contribution in [2.75, 3.05) is 6.61 Å². The second kappa shape index (κ2) is 8.35. The molecule has 0 N–H and O–H groups in total. The average Bonchev–Trinajstić information content (AvgIpc) is 2.95. The third-order valence-electron chi connectivity index (χ3n) is 4.29. The number of carbonyl (C=O) groups is 1. The van der Waals surface area contributed by atoms with Crippen molar-refractivity contribution >= 4 is 33.8 Å². The molecule has 0 spiro atoms. The van der Waals surface area contributed by atoms with Crippen LogP contribution in [0.1, 0.15) is 34.2 Å². The number of aliphatic imine (C=N–C) groups is 1. The van der Waals surface area contributed by atoms with E-state index in [4.69, 9.17) is 4.74 Å². The Bertz CT molecular complexity index is 971. The molecule has 0 bridgehead atoms. The molecule has 0 fully saturated rings. The first-order chi connectivity index (χ1) is 13.0. The maximum atomic E-state index is 11.7. The molecule has 0 aliphatic heterocycles. The van der Waals surface area contributed by atoms with E-state index in [0.29, 0.717) is 12.2 Å². The standard InChI is InChI=1S/C22H21BrN2O2/c1-4-27-22(26)17-5-9-20(10-6-17)24-14-18-13-15(2)25(16(18)3)21-11-7-19(23)8-12-21/h5-14H,4H2,1-3H3. The number of esters is 1. The van der Waals surface area contributed by atoms with Gasteiger partial charge in [0.1, 0.15) is 0 Å². The highest BCUT2D eigenvalue weighted by Gasteiger charge is 2.09. The largest absolute Gasteiger partial charge is 0.462 e. The number of nitrogens with zero attached hydrogens (tertiary/aromatic N) is 2. The molecule has 2 aromatic carbocycles. The van der Waals surface area contributed by atoms with Crippen molar-refractivity contribution in [2.24, 2.45) is 4.99 Å². The Morgan fingerprint density at radius 3 is 2.41 bits per heavy atom. The van der Waals surface area contributed by atoms with E-state index in [2.05, 4.69) is 57.5 Å². The maximum absolute atomic E-state index is 11.7. The van der Waals surface area contributed by atoms with Gasteiger partial charge in [0.2, 0.25) is 0 Å². The van der Waals surface area contributed by atoms with Gasteiger partial charge >= 0.3 is 5.97 Å². The summed E-state index contributed by atoms with van der Waals surface area (Å²) in [5.74, 6) is -0.314. The summed E-state index contributed by atoms with van der Waals surface area (Å²) in [6.45, 7) is 6.33. The molecule has 138 valence electrons. The topological polar surface area (TPSA) is 43.6 Å². The fourth-order valence-electron chi connectivity index (χ4n) is 2.95. The van der Waals surface area contributed by atoms with E-state index in [1.165, 1.54) is 0 Å². The van der Waals surface area contributed by atoms with Crippen LogP contribution in [-0.4, -0.2) is 23.4 Å². The van der Waals surface area contributed by atoms with Crippen LogP contribution in [0.25, 0.3) is 5.69 Å². The highest BCUT2D eigenvalue weighted by molar-refractivity contribution is 9.10. The van der Waals surface area contributed by atoms with Crippen LogP contribution < -0.4 is 0 Å². The molecule has 0 atom stereocenters. The molecule has 1 aromatic heterocycles. The van der Waals surface area contributed by atoms with Crippen molar-refractivity contribution in [3.05, 3.63) is 81.6 Å². The Morgan fingerprint density at radius 2 is 1.78 bits per heavy atom. The quantitative estimate of drug-likeness (QED) is 0.384. The molecule has 0 amide bonds. The van der Waals surface area contributed by atoms with Gasteiger partial charge in [-0.2, -0.15) is 0 Å². The summed E-state index contributed by atoms with van der Waals surface area (Å²) in [6.07, 6.45) is 1.86. The summed E-state index contributed by atoms with van der Waals surface area (Å²) in [5, 5.41) is 0. The molecular formula is C22H21BrN2O2. The van der Waals surface area contributed by atoms with Gasteiger partial charge in [0, 0.05) is 33.3 Å². The van der Waals surface area contributed by atoms with Gasteiger partial charge in [-0.05, 0) is 75.4 Å². The van der Waals surface area contributed by atoms with Crippen LogP contribution in [0.3, 0.4) is 0 Å². The summed E-state index contributed by atoms with van der Waals surface area (Å²) >= 11 is 3.47. The van der Waals surface area contributed by atoms with Crippen molar-refractivity contribution in [3.63, 3.8) is 0 Å². The van der Waals surface area contributed by atoms with Crippen molar-refractivity contribution in [2.45, 2.75) is 20.8 Å². The Labute approximate surface area is 167 Å². The van der Waals surface area contributed by atoms with Crippen LogP contribution >= 0.6 is 15.9 Å². The number of rotatable bonds is 5. The molecule has 0 saturated carbocycles. The van der Waals surface area contributed by atoms with Gasteiger partial charge < -0.3 is 9.30 Å². The molecule has 0 saturated heterocycles. The van der Waals surface area contributed by atoms with Crippen molar-refractivity contribution < 1.29 is 9.53 Å². The number of hydrogen-bond acceptors (Lipinski definition) is 3. The lowest BCUT2D eigenvalue weighted by molar-refractivity contribution is 0.0526. The molecule has 27 heavy (non-hydrogen) atoms. The van der Waals surface area contributed by atoms with Crippen LogP contribution in [0.2, 0.25) is 0 Å². The highest BCUT2D eigenvalue weighted by Crippen LogP contribution is 2.22. The lowest BCUT2D eigenvalue weighted by Crippen LogP contribution is -2.03. The van der Waals surface area contributed by atoms with Gasteiger partial charge in [-0.1, -0.05) is 15.9 Å². The zero-order chi connectivity index (χ0) is 19.4. The summed E-state index contributed by atoms with van der Waals surface area (Å²) in [7, 11) is 0. The normalized spacial score (nSPS) is 11.1. The van der Waals surface area contributed by atoms with Gasteiger partial charge in [0.25, 0.3) is 0 Å². The van der Waals surface area contributed by atoms with Gasteiger partial charge in [0.05, 0.1) is 17.9 Å². The molecule has 0 aliphatic rings. The van der Waals surface area contributed by atoms with E-state index in [-0.39, 0.29) is 5.97 Å². The zero-order valence-corrected chi connectivity index (χ0v) is 17.2. The summed E-state index contributed by atoms with van der Waals surface area (Å²) < 4.78 is 8.26. The third-order valence-corrected chi connectivity index (χ3v) is 4.81. The lowest BCUT2D eigenvalue weighted by Gasteiger charge is -2.09. The minimum Gasteiger partial charge on any atom is -0.462 e. The number of carbonyl (C=O) groups excluding carboxylic acids is 1. The lowest BCUT2D eigenvalue weighted by atomic mass is 10.2. The minimum atomic E-state index is -0.314. The van der Waals surface area contributed by atoms with E-state index < -0.39 is 0 Å². The number of benzene rings is 2. The van der Waals surface area contributed by atoms with Crippen LogP contribution in [0, 0.1) is 13.8 Å². The van der Waals surface area contributed by atoms with Crippen LogP contribution in [-0.2, 0) is 4.74 Å². The van der Waals surface area contributed by atoms with Gasteiger partial charge in [0.15, 0.2) is 0 Å². The first kappa shape index (κ1) is 19.1. The summed E-state index contributed by atoms with van der Waals surface area (Å²) in [6, 6.07) is 17.4. The van der Waals surface area contributed by atoms with Crippen molar-refractivity contribution in [1.29, 1.82) is 0 Å². The molecular weight excluding hydrogens is 404 g/mol.